The fraction of sp³-hybridized carbons (Fsp3) is 0.839. The molecule has 38 heavy (non-hydrogen) atoms. The Morgan fingerprint density at radius 1 is 0.974 bits per heavy atom. The van der Waals surface area contributed by atoms with Crippen LogP contribution in [-0.4, -0.2) is 61.6 Å². The topological polar surface area (TPSA) is 82.1 Å². The molecule has 0 aromatic carbocycles. The van der Waals surface area contributed by atoms with Gasteiger partial charge in [-0.15, -0.1) is 0 Å². The Morgan fingerprint density at radius 3 is 2.08 bits per heavy atom. The summed E-state index contributed by atoms with van der Waals surface area (Å²) >= 11 is 0. The Morgan fingerprint density at radius 2 is 1.63 bits per heavy atom. The van der Waals surface area contributed by atoms with Crippen LogP contribution in [0.3, 0.4) is 0 Å². The number of ether oxygens (including phenoxy) is 3. The molecule has 7 nitrogen and oxygen atoms in total. The predicted molar refractivity (Wildman–Crippen MR) is 151 cm³/mol. The van der Waals surface area contributed by atoms with Crippen molar-refractivity contribution < 1.29 is 28.6 Å². The number of rotatable bonds is 19. The Bertz CT molecular complexity index is 763. The van der Waals surface area contributed by atoms with Crippen molar-refractivity contribution in [2.24, 2.45) is 35.5 Å². The van der Waals surface area contributed by atoms with Crippen molar-refractivity contribution >= 4 is 17.7 Å². The molecule has 7 heteroatoms. The average molecular weight is 538 g/mol. The van der Waals surface area contributed by atoms with Crippen LogP contribution in [0.15, 0.2) is 12.3 Å². The molecule has 0 aromatic rings. The third kappa shape index (κ3) is 10.8. The molecule has 0 N–H and O–H groups in total. The molecule has 0 unspecified atom stereocenters. The highest BCUT2D eigenvalue weighted by Gasteiger charge is 2.34. The van der Waals surface area contributed by atoms with Crippen LogP contribution in [0.25, 0.3) is 0 Å². The maximum Gasteiger partial charge on any atom is 0.308 e. The Hall–Kier alpha value is -1.73. The smallest absolute Gasteiger partial charge is 0.308 e. The van der Waals surface area contributed by atoms with Crippen molar-refractivity contribution in [1.82, 2.24) is 4.90 Å². The monoisotopic (exact) mass is 537 g/mol. The minimum atomic E-state index is -0.307. The van der Waals surface area contributed by atoms with Gasteiger partial charge in [0.25, 0.3) is 0 Å². The average Bonchev–Trinajstić information content (AvgIpc) is 2.87. The number of Topliss-reactive ketones (excluding diaryl/α,β-unsaturated/α-hetero) is 1. The van der Waals surface area contributed by atoms with E-state index in [9.17, 15) is 14.4 Å². The SMILES string of the molecule is CCC(=O)C[C@@H](C[C@H](OC)[C@@H](C)CC[C@@H](OC(=O)C(C)C)[C@H](C)[C@H](OC)[C@H](C)/C=C/N1CCC1=O)C(C)C. The number of esters is 1. The summed E-state index contributed by atoms with van der Waals surface area (Å²) in [5.41, 5.74) is 0. The molecule has 1 saturated heterocycles. The van der Waals surface area contributed by atoms with Gasteiger partial charge < -0.3 is 19.1 Å². The summed E-state index contributed by atoms with van der Waals surface area (Å²) in [4.78, 5) is 38.2. The lowest BCUT2D eigenvalue weighted by molar-refractivity contribution is -0.159. The quantitative estimate of drug-likeness (QED) is 0.147. The maximum absolute atomic E-state index is 12.6. The molecule has 0 aromatic heterocycles. The summed E-state index contributed by atoms with van der Waals surface area (Å²) in [7, 11) is 3.44. The van der Waals surface area contributed by atoms with Gasteiger partial charge in [0.2, 0.25) is 5.91 Å². The van der Waals surface area contributed by atoms with Gasteiger partial charge in [0.05, 0.1) is 18.1 Å². The van der Waals surface area contributed by atoms with Crippen molar-refractivity contribution in [3.8, 4) is 0 Å². The number of likely N-dealkylation sites (tertiary alicyclic amines) is 1. The van der Waals surface area contributed by atoms with E-state index in [1.54, 1.807) is 19.1 Å². The van der Waals surface area contributed by atoms with E-state index in [1.807, 2.05) is 33.0 Å². The highest BCUT2D eigenvalue weighted by Crippen LogP contribution is 2.31. The second-order valence-electron chi connectivity index (χ2n) is 11.9. The van der Waals surface area contributed by atoms with Gasteiger partial charge in [-0.2, -0.15) is 0 Å². The fourth-order valence-corrected chi connectivity index (χ4v) is 5.17. The number of β-lactam (4-membered cyclic amide) rings is 1. The van der Waals surface area contributed by atoms with Gasteiger partial charge in [0.15, 0.2) is 0 Å². The number of methoxy groups -OCH3 is 2. The van der Waals surface area contributed by atoms with E-state index in [4.69, 9.17) is 14.2 Å². The largest absolute Gasteiger partial charge is 0.462 e. The van der Waals surface area contributed by atoms with Crippen LogP contribution in [0.2, 0.25) is 0 Å². The van der Waals surface area contributed by atoms with E-state index in [2.05, 4.69) is 34.6 Å². The molecule has 1 fully saturated rings. The van der Waals surface area contributed by atoms with E-state index < -0.39 is 0 Å². The third-order valence-corrected chi connectivity index (χ3v) is 8.30. The maximum atomic E-state index is 12.6. The number of carbonyl (C=O) groups excluding carboxylic acids is 3. The molecule has 1 amide bonds. The molecule has 0 aliphatic carbocycles. The van der Waals surface area contributed by atoms with Gasteiger partial charge in [-0.1, -0.05) is 61.5 Å². The first-order valence-corrected chi connectivity index (χ1v) is 14.6. The Labute approximate surface area is 232 Å². The number of ketones is 1. The minimum absolute atomic E-state index is 0.0259. The molecule has 0 spiro atoms. The van der Waals surface area contributed by atoms with E-state index in [1.165, 1.54) is 0 Å². The summed E-state index contributed by atoms with van der Waals surface area (Å²) in [6.07, 6.45) is 7.53. The Balaban J connectivity index is 2.95. The van der Waals surface area contributed by atoms with Crippen molar-refractivity contribution in [1.29, 1.82) is 0 Å². The van der Waals surface area contributed by atoms with Crippen LogP contribution in [0.5, 0.6) is 0 Å². The summed E-state index contributed by atoms with van der Waals surface area (Å²) in [5, 5.41) is 0. The number of amides is 1. The minimum Gasteiger partial charge on any atom is -0.462 e. The van der Waals surface area contributed by atoms with Crippen LogP contribution >= 0.6 is 0 Å². The second kappa shape index (κ2) is 17.1. The van der Waals surface area contributed by atoms with E-state index in [-0.39, 0.29) is 59.8 Å². The Kier molecular flexibility index (Phi) is 15.4. The first kappa shape index (κ1) is 34.3. The number of carbonyl (C=O) groups is 3. The van der Waals surface area contributed by atoms with Crippen molar-refractivity contribution in [2.45, 2.75) is 112 Å². The number of hydrogen-bond donors (Lipinski definition) is 0. The van der Waals surface area contributed by atoms with Crippen LogP contribution in [0.4, 0.5) is 0 Å². The van der Waals surface area contributed by atoms with Crippen LogP contribution in [0.1, 0.15) is 93.9 Å². The number of nitrogens with zero attached hydrogens (tertiary/aromatic N) is 1. The van der Waals surface area contributed by atoms with Crippen LogP contribution in [-0.2, 0) is 28.6 Å². The molecular formula is C31H55NO6. The van der Waals surface area contributed by atoms with E-state index >= 15 is 0 Å². The standard InChI is InChI=1S/C31H55NO6/c1-11-26(33)18-25(20(2)3)19-28(36-9)22(6)12-13-27(38-31(35)21(4)5)24(8)30(37-10)23(7)14-16-32-17-15-29(32)34/h14,16,20-25,27-28,30H,11-13,15,17-19H2,1-10H3/b16-14+/t22-,23+,24-,25-,27+,28-,30+/m0/s1. The molecule has 0 saturated carbocycles. The summed E-state index contributed by atoms with van der Waals surface area (Å²) in [5.74, 6) is 0.927. The molecule has 0 bridgehead atoms. The normalized spacial score (nSPS) is 19.7. The number of hydrogen-bond acceptors (Lipinski definition) is 6. The molecule has 7 atom stereocenters. The zero-order valence-electron chi connectivity index (χ0n) is 25.7. The molecule has 1 heterocycles. The van der Waals surface area contributed by atoms with Gasteiger partial charge in [-0.25, -0.2) is 0 Å². The van der Waals surface area contributed by atoms with Crippen molar-refractivity contribution in [2.75, 3.05) is 20.8 Å². The summed E-state index contributed by atoms with van der Waals surface area (Å²) in [6, 6.07) is 0. The van der Waals surface area contributed by atoms with Gasteiger partial charge in [0.1, 0.15) is 11.9 Å². The van der Waals surface area contributed by atoms with E-state index in [0.717, 1.165) is 19.4 Å². The molecule has 1 aliphatic rings. The highest BCUT2D eigenvalue weighted by molar-refractivity contribution is 5.82. The first-order valence-electron chi connectivity index (χ1n) is 14.6. The summed E-state index contributed by atoms with van der Waals surface area (Å²) in [6.45, 7) is 17.1. The zero-order valence-corrected chi connectivity index (χ0v) is 25.7. The third-order valence-electron chi connectivity index (χ3n) is 8.30. The first-order chi connectivity index (χ1) is 17.9. The lowest BCUT2D eigenvalue weighted by Crippen LogP contribution is -2.40. The van der Waals surface area contributed by atoms with Gasteiger partial charge in [0, 0.05) is 58.1 Å². The molecule has 220 valence electrons. The van der Waals surface area contributed by atoms with Crippen LogP contribution < -0.4 is 0 Å². The second-order valence-corrected chi connectivity index (χ2v) is 11.9. The van der Waals surface area contributed by atoms with Crippen molar-refractivity contribution in [3.05, 3.63) is 12.3 Å². The van der Waals surface area contributed by atoms with Gasteiger partial charge in [-0.05, 0) is 37.0 Å². The molecular weight excluding hydrogens is 482 g/mol. The van der Waals surface area contributed by atoms with Gasteiger partial charge >= 0.3 is 5.97 Å². The van der Waals surface area contributed by atoms with Crippen LogP contribution in [0, 0.1) is 35.5 Å². The molecule has 1 aliphatic heterocycles. The lowest BCUT2D eigenvalue weighted by atomic mass is 9.81. The predicted octanol–water partition coefficient (Wildman–Crippen LogP) is 6.05. The van der Waals surface area contributed by atoms with Gasteiger partial charge in [-0.3, -0.25) is 14.4 Å². The molecule has 1 rings (SSSR count). The molecule has 0 radical (unpaired) electrons. The van der Waals surface area contributed by atoms with Crippen molar-refractivity contribution in [3.63, 3.8) is 0 Å². The lowest BCUT2D eigenvalue weighted by Gasteiger charge is -2.35. The fourth-order valence-electron chi connectivity index (χ4n) is 5.17. The zero-order chi connectivity index (χ0) is 29.0. The highest BCUT2D eigenvalue weighted by atomic mass is 16.5. The van der Waals surface area contributed by atoms with E-state index in [0.29, 0.717) is 37.4 Å². The summed E-state index contributed by atoms with van der Waals surface area (Å²) < 4.78 is 17.9.